The van der Waals surface area contributed by atoms with Gasteiger partial charge < -0.3 is 14.2 Å². The maximum atomic E-state index is 13.0. The van der Waals surface area contributed by atoms with Crippen LogP contribution in [0.4, 0.5) is 0 Å². The first kappa shape index (κ1) is 16.7. The molecule has 1 aromatic carbocycles. The van der Waals surface area contributed by atoms with Gasteiger partial charge in [-0.15, -0.1) is 11.3 Å². The number of thiophene rings is 1. The molecule has 0 aliphatic carbocycles. The Morgan fingerprint density at radius 2 is 1.92 bits per heavy atom. The highest BCUT2D eigenvalue weighted by Gasteiger charge is 2.24. The molecule has 0 unspecified atom stereocenters. The lowest BCUT2D eigenvalue weighted by Crippen LogP contribution is -2.29. The largest absolute Gasteiger partial charge is 0.497 e. The second-order valence-corrected chi connectivity index (χ2v) is 8.73. The van der Waals surface area contributed by atoms with Crippen molar-refractivity contribution in [3.63, 3.8) is 0 Å². The Morgan fingerprint density at radius 3 is 2.60 bits per heavy atom. The summed E-state index contributed by atoms with van der Waals surface area (Å²) in [7, 11) is 1.67. The number of halogens is 1. The molecule has 2 aromatic heterocycles. The van der Waals surface area contributed by atoms with Gasteiger partial charge in [-0.25, -0.2) is 0 Å². The van der Waals surface area contributed by atoms with Crippen LogP contribution < -0.4 is 4.74 Å². The lowest BCUT2D eigenvalue weighted by Gasteiger charge is -2.17. The number of aromatic nitrogens is 1. The molecule has 0 N–H and O–H groups in total. The summed E-state index contributed by atoms with van der Waals surface area (Å²) < 4.78 is 9.60. The van der Waals surface area contributed by atoms with Crippen LogP contribution in [0.25, 0.3) is 10.2 Å². The summed E-state index contributed by atoms with van der Waals surface area (Å²) in [6, 6.07) is 12.2. The van der Waals surface area contributed by atoms with Crippen LogP contribution in [0.3, 0.4) is 0 Å². The Morgan fingerprint density at radius 1 is 1.20 bits per heavy atom. The monoisotopic (exact) mass is 418 g/mol. The molecule has 130 valence electrons. The predicted molar refractivity (Wildman–Crippen MR) is 105 cm³/mol. The van der Waals surface area contributed by atoms with E-state index in [2.05, 4.69) is 38.7 Å². The quantitative estimate of drug-likeness (QED) is 0.611. The van der Waals surface area contributed by atoms with Crippen molar-refractivity contribution >= 4 is 43.4 Å². The van der Waals surface area contributed by atoms with Crippen LogP contribution in [0, 0.1) is 0 Å². The summed E-state index contributed by atoms with van der Waals surface area (Å²) in [5.41, 5.74) is 3.04. The van der Waals surface area contributed by atoms with Crippen molar-refractivity contribution in [1.29, 1.82) is 0 Å². The SMILES string of the molecule is COc1ccc(Cn2c(C(=O)N3CCCC3)cc3sc(Br)cc32)cc1. The number of hydrogen-bond donors (Lipinski definition) is 0. The molecule has 0 atom stereocenters. The van der Waals surface area contributed by atoms with Crippen LogP contribution in [-0.2, 0) is 6.54 Å². The van der Waals surface area contributed by atoms with Crippen molar-refractivity contribution in [2.75, 3.05) is 20.2 Å². The van der Waals surface area contributed by atoms with Crippen LogP contribution in [0.15, 0.2) is 40.2 Å². The Bertz CT molecular complexity index is 908. The first-order valence-corrected chi connectivity index (χ1v) is 9.97. The summed E-state index contributed by atoms with van der Waals surface area (Å²) >= 11 is 5.23. The molecule has 0 saturated carbocycles. The van der Waals surface area contributed by atoms with Gasteiger partial charge in [0, 0.05) is 19.6 Å². The van der Waals surface area contributed by atoms with Crippen LogP contribution in [0.5, 0.6) is 5.75 Å². The average molecular weight is 419 g/mol. The van der Waals surface area contributed by atoms with Crippen LogP contribution >= 0.6 is 27.3 Å². The molecule has 4 nitrogen and oxygen atoms in total. The van der Waals surface area contributed by atoms with E-state index in [1.807, 2.05) is 23.1 Å². The molecule has 6 heteroatoms. The van der Waals surface area contributed by atoms with E-state index in [0.717, 1.165) is 56.9 Å². The van der Waals surface area contributed by atoms with Crippen molar-refractivity contribution in [1.82, 2.24) is 9.47 Å². The molecule has 1 amide bonds. The van der Waals surface area contributed by atoms with E-state index in [0.29, 0.717) is 6.54 Å². The van der Waals surface area contributed by atoms with E-state index in [-0.39, 0.29) is 5.91 Å². The number of benzene rings is 1. The average Bonchev–Trinajstić information content (AvgIpc) is 3.33. The first-order chi connectivity index (χ1) is 12.2. The number of carbonyl (C=O) groups excluding carboxylic acids is 1. The zero-order chi connectivity index (χ0) is 17.4. The van der Waals surface area contributed by atoms with Crippen molar-refractivity contribution < 1.29 is 9.53 Å². The van der Waals surface area contributed by atoms with Crippen LogP contribution in [0.1, 0.15) is 28.9 Å². The van der Waals surface area contributed by atoms with Crippen molar-refractivity contribution in [2.24, 2.45) is 0 Å². The van der Waals surface area contributed by atoms with Gasteiger partial charge in [-0.3, -0.25) is 4.79 Å². The fourth-order valence-corrected chi connectivity index (χ4v) is 4.92. The Hall–Kier alpha value is -1.79. The summed E-state index contributed by atoms with van der Waals surface area (Å²) in [5, 5.41) is 0. The number of rotatable bonds is 4. The minimum absolute atomic E-state index is 0.144. The summed E-state index contributed by atoms with van der Waals surface area (Å²) in [6.45, 7) is 2.40. The number of ether oxygens (including phenoxy) is 1. The number of likely N-dealkylation sites (tertiary alicyclic amines) is 1. The highest BCUT2D eigenvalue weighted by Crippen LogP contribution is 2.33. The Balaban J connectivity index is 1.73. The highest BCUT2D eigenvalue weighted by atomic mass is 79.9. The molecule has 0 bridgehead atoms. The van der Waals surface area contributed by atoms with E-state index >= 15 is 0 Å². The summed E-state index contributed by atoms with van der Waals surface area (Å²) in [4.78, 5) is 15.0. The number of carbonyl (C=O) groups is 1. The van der Waals surface area contributed by atoms with Crippen LogP contribution in [0.2, 0.25) is 0 Å². The zero-order valence-electron chi connectivity index (χ0n) is 14.0. The molecule has 3 aromatic rings. The lowest BCUT2D eigenvalue weighted by molar-refractivity contribution is 0.0783. The normalized spacial score (nSPS) is 14.4. The number of nitrogens with zero attached hydrogens (tertiary/aromatic N) is 2. The van der Waals surface area contributed by atoms with E-state index in [1.165, 1.54) is 0 Å². The molecule has 1 aliphatic rings. The van der Waals surface area contributed by atoms with Gasteiger partial charge in [0.25, 0.3) is 5.91 Å². The third-order valence-electron chi connectivity index (χ3n) is 4.67. The van der Waals surface area contributed by atoms with Gasteiger partial charge in [0.1, 0.15) is 11.4 Å². The molecular weight excluding hydrogens is 400 g/mol. The lowest BCUT2D eigenvalue weighted by atomic mass is 10.2. The number of fused-ring (bicyclic) bond motifs is 1. The number of hydrogen-bond acceptors (Lipinski definition) is 3. The predicted octanol–water partition coefficient (Wildman–Crippen LogP) is 4.76. The number of methoxy groups -OCH3 is 1. The van der Waals surface area contributed by atoms with Gasteiger partial charge in [0.05, 0.1) is 21.1 Å². The third kappa shape index (κ3) is 3.20. The topological polar surface area (TPSA) is 34.5 Å². The van der Waals surface area contributed by atoms with Crippen molar-refractivity contribution in [3.05, 3.63) is 51.4 Å². The van der Waals surface area contributed by atoms with E-state index in [1.54, 1.807) is 18.4 Å². The second kappa shape index (κ2) is 6.84. The summed E-state index contributed by atoms with van der Waals surface area (Å²) in [5.74, 6) is 0.985. The van der Waals surface area contributed by atoms with Crippen molar-refractivity contribution in [3.8, 4) is 5.75 Å². The van der Waals surface area contributed by atoms with Gasteiger partial charge in [0.15, 0.2) is 0 Å². The standard InChI is InChI=1S/C19H19BrN2O2S/c1-24-14-6-4-13(5-7-14)12-22-15-11-18(20)25-17(15)10-16(22)19(23)21-8-2-3-9-21/h4-7,10-11H,2-3,8-9,12H2,1H3. The fraction of sp³-hybridized carbons (Fsp3) is 0.316. The Labute approximate surface area is 159 Å². The van der Waals surface area contributed by atoms with Gasteiger partial charge in [-0.1, -0.05) is 12.1 Å². The molecule has 4 rings (SSSR count). The molecule has 25 heavy (non-hydrogen) atoms. The zero-order valence-corrected chi connectivity index (χ0v) is 16.4. The Kier molecular flexibility index (Phi) is 4.56. The molecule has 1 fully saturated rings. The van der Waals surface area contributed by atoms with E-state index in [4.69, 9.17) is 4.74 Å². The second-order valence-electron chi connectivity index (χ2n) is 6.26. The van der Waals surface area contributed by atoms with Crippen molar-refractivity contribution in [2.45, 2.75) is 19.4 Å². The highest BCUT2D eigenvalue weighted by molar-refractivity contribution is 9.11. The molecule has 1 saturated heterocycles. The summed E-state index contributed by atoms with van der Waals surface area (Å²) in [6.07, 6.45) is 2.20. The molecule has 0 radical (unpaired) electrons. The third-order valence-corrected chi connectivity index (χ3v) is 6.25. The van der Waals surface area contributed by atoms with Gasteiger partial charge in [0.2, 0.25) is 0 Å². The fourth-order valence-electron chi connectivity index (χ4n) is 3.35. The van der Waals surface area contributed by atoms with Gasteiger partial charge in [-0.2, -0.15) is 0 Å². The van der Waals surface area contributed by atoms with Crippen LogP contribution in [-0.4, -0.2) is 35.6 Å². The molecule has 1 aliphatic heterocycles. The minimum atomic E-state index is 0.144. The molecular formula is C19H19BrN2O2S. The smallest absolute Gasteiger partial charge is 0.270 e. The van der Waals surface area contributed by atoms with E-state index < -0.39 is 0 Å². The molecule has 0 spiro atoms. The molecule has 3 heterocycles. The van der Waals surface area contributed by atoms with Gasteiger partial charge >= 0.3 is 0 Å². The maximum Gasteiger partial charge on any atom is 0.270 e. The first-order valence-electron chi connectivity index (χ1n) is 8.36. The van der Waals surface area contributed by atoms with E-state index in [9.17, 15) is 4.79 Å². The minimum Gasteiger partial charge on any atom is -0.497 e. The van der Waals surface area contributed by atoms with Gasteiger partial charge in [-0.05, 0) is 58.6 Å². The maximum absolute atomic E-state index is 13.0. The number of amides is 1.